The molecule has 0 radical (unpaired) electrons. The minimum absolute atomic E-state index is 0.194. The van der Waals surface area contributed by atoms with E-state index in [9.17, 15) is 4.79 Å². The number of aromatic nitrogens is 2. The van der Waals surface area contributed by atoms with Gasteiger partial charge in [-0.3, -0.25) is 4.79 Å². The van der Waals surface area contributed by atoms with Crippen molar-refractivity contribution in [1.82, 2.24) is 10.2 Å². The van der Waals surface area contributed by atoms with Crippen molar-refractivity contribution < 1.29 is 9.21 Å². The largest absolute Gasteiger partial charge is 0.415 e. The molecule has 1 aromatic heterocycles. The van der Waals surface area contributed by atoms with Crippen LogP contribution >= 0.6 is 35.0 Å². The Balaban J connectivity index is 1.82. The molecule has 0 atom stereocenters. The van der Waals surface area contributed by atoms with Gasteiger partial charge in [-0.1, -0.05) is 41.0 Å². The van der Waals surface area contributed by atoms with Gasteiger partial charge in [0, 0.05) is 12.2 Å². The van der Waals surface area contributed by atoms with Crippen molar-refractivity contribution in [2.45, 2.75) is 18.2 Å². The highest BCUT2D eigenvalue weighted by Crippen LogP contribution is 2.30. The third kappa shape index (κ3) is 4.60. The summed E-state index contributed by atoms with van der Waals surface area (Å²) < 4.78 is 5.21. The quantitative estimate of drug-likeness (QED) is 0.781. The fourth-order valence-corrected chi connectivity index (χ4v) is 2.64. The summed E-state index contributed by atoms with van der Waals surface area (Å²) in [6, 6.07) is 5.02. The Morgan fingerprint density at radius 2 is 2.05 bits per heavy atom. The fraction of sp³-hybridized carbons (Fsp3) is 0.250. The lowest BCUT2D eigenvalue weighted by Crippen LogP contribution is -2.12. The van der Waals surface area contributed by atoms with Gasteiger partial charge in [-0.25, -0.2) is 0 Å². The van der Waals surface area contributed by atoms with E-state index in [0.29, 0.717) is 32.6 Å². The average Bonchev–Trinajstić information content (AvgIpc) is 2.91. The molecule has 9 heteroatoms. The van der Waals surface area contributed by atoms with Crippen molar-refractivity contribution in [2.75, 3.05) is 11.1 Å². The first-order chi connectivity index (χ1) is 10.1. The number of hydrogen-bond acceptors (Lipinski definition) is 6. The van der Waals surface area contributed by atoms with Crippen LogP contribution in [0.25, 0.3) is 0 Å². The molecule has 0 aliphatic heterocycles. The van der Waals surface area contributed by atoms with E-state index in [4.69, 9.17) is 33.4 Å². The van der Waals surface area contributed by atoms with E-state index in [-0.39, 0.29) is 18.9 Å². The van der Waals surface area contributed by atoms with Gasteiger partial charge in [0.05, 0.1) is 22.3 Å². The highest BCUT2D eigenvalue weighted by molar-refractivity contribution is 7.99. The molecule has 1 heterocycles. The van der Waals surface area contributed by atoms with Crippen LogP contribution in [0.1, 0.15) is 12.3 Å². The number of anilines is 1. The summed E-state index contributed by atoms with van der Waals surface area (Å²) in [5.74, 6) is 0.654. The predicted molar refractivity (Wildman–Crippen MR) is 82.6 cm³/mol. The zero-order chi connectivity index (χ0) is 15.2. The highest BCUT2D eigenvalue weighted by Gasteiger charge is 2.11. The Labute approximate surface area is 135 Å². The van der Waals surface area contributed by atoms with E-state index < -0.39 is 0 Å². The molecule has 0 fully saturated rings. The summed E-state index contributed by atoms with van der Waals surface area (Å²) in [4.78, 5) is 11.8. The van der Waals surface area contributed by atoms with E-state index in [1.165, 1.54) is 11.8 Å². The number of carbonyl (C=O) groups is 1. The number of nitrogens with two attached hydrogens (primary N) is 1. The van der Waals surface area contributed by atoms with Crippen LogP contribution in [0.3, 0.4) is 0 Å². The van der Waals surface area contributed by atoms with Crippen molar-refractivity contribution in [3.63, 3.8) is 0 Å². The molecule has 0 unspecified atom stereocenters. The summed E-state index contributed by atoms with van der Waals surface area (Å²) in [6.45, 7) is 0.194. The molecule has 0 saturated heterocycles. The monoisotopic (exact) mass is 346 g/mol. The molecule has 0 aliphatic rings. The van der Waals surface area contributed by atoms with Crippen LogP contribution in [-0.4, -0.2) is 21.9 Å². The van der Waals surface area contributed by atoms with E-state index in [1.54, 1.807) is 18.2 Å². The lowest BCUT2D eigenvalue weighted by atomic mass is 10.3. The van der Waals surface area contributed by atoms with Gasteiger partial charge < -0.3 is 15.5 Å². The van der Waals surface area contributed by atoms with E-state index >= 15 is 0 Å². The minimum Gasteiger partial charge on any atom is -0.415 e. The zero-order valence-corrected chi connectivity index (χ0v) is 13.1. The van der Waals surface area contributed by atoms with Crippen molar-refractivity contribution in [2.24, 2.45) is 5.73 Å². The molecular weight excluding hydrogens is 335 g/mol. The molecule has 0 spiro atoms. The topological polar surface area (TPSA) is 94.0 Å². The number of carbonyl (C=O) groups excluding carboxylic acids is 1. The maximum Gasteiger partial charge on any atom is 0.276 e. The fourth-order valence-electron chi connectivity index (χ4n) is 1.43. The van der Waals surface area contributed by atoms with Gasteiger partial charge in [-0.05, 0) is 12.1 Å². The predicted octanol–water partition coefficient (Wildman–Crippen LogP) is 2.96. The maximum absolute atomic E-state index is 11.8. The van der Waals surface area contributed by atoms with Gasteiger partial charge >= 0.3 is 0 Å². The molecule has 1 amide bonds. The van der Waals surface area contributed by atoms with Crippen LogP contribution < -0.4 is 11.1 Å². The lowest BCUT2D eigenvalue weighted by Gasteiger charge is -2.08. The van der Waals surface area contributed by atoms with Crippen molar-refractivity contribution in [3.8, 4) is 0 Å². The van der Waals surface area contributed by atoms with Crippen LogP contribution in [-0.2, 0) is 11.3 Å². The number of nitrogens with zero attached hydrogens (tertiary/aromatic N) is 2. The Hall–Kier alpha value is -1.28. The van der Waals surface area contributed by atoms with Crippen LogP contribution in [0, 0.1) is 0 Å². The maximum atomic E-state index is 11.8. The standard InChI is InChI=1S/C12H12Cl2N4O2S/c13-7-2-1-3-8(14)11(7)16-9(19)4-5-21-12-18-17-10(6-15)20-12/h1-3H,4-6,15H2,(H,16,19). The highest BCUT2D eigenvalue weighted by atomic mass is 35.5. The van der Waals surface area contributed by atoms with Gasteiger partial charge in [-0.15, -0.1) is 10.2 Å². The van der Waals surface area contributed by atoms with Crippen molar-refractivity contribution in [3.05, 3.63) is 34.1 Å². The number of benzene rings is 1. The third-order valence-corrected chi connectivity index (χ3v) is 3.85. The first-order valence-electron chi connectivity index (χ1n) is 5.99. The number of hydrogen-bond donors (Lipinski definition) is 2. The molecule has 3 N–H and O–H groups in total. The molecule has 112 valence electrons. The molecule has 2 aromatic rings. The van der Waals surface area contributed by atoms with Crippen molar-refractivity contribution in [1.29, 1.82) is 0 Å². The van der Waals surface area contributed by atoms with Gasteiger partial charge in [0.15, 0.2) is 0 Å². The van der Waals surface area contributed by atoms with E-state index in [2.05, 4.69) is 15.5 Å². The van der Waals surface area contributed by atoms with Crippen LogP contribution in [0.2, 0.25) is 10.0 Å². The molecule has 0 bridgehead atoms. The third-order valence-electron chi connectivity index (χ3n) is 2.40. The minimum atomic E-state index is -0.198. The molecule has 6 nitrogen and oxygen atoms in total. The number of halogens is 2. The number of nitrogens with one attached hydrogen (secondary N) is 1. The summed E-state index contributed by atoms with van der Waals surface area (Å²) in [6.07, 6.45) is 0.257. The lowest BCUT2D eigenvalue weighted by molar-refractivity contribution is -0.115. The number of para-hydroxylation sites is 1. The summed E-state index contributed by atoms with van der Waals surface area (Å²) in [7, 11) is 0. The Kier molecular flexibility index (Phi) is 5.86. The SMILES string of the molecule is NCc1nnc(SCCC(=O)Nc2c(Cl)cccc2Cl)o1. The Bertz CT molecular complexity index is 615. The second-order valence-corrected chi connectivity index (χ2v) is 5.77. The van der Waals surface area contributed by atoms with E-state index in [1.807, 2.05) is 0 Å². The van der Waals surface area contributed by atoms with E-state index in [0.717, 1.165) is 0 Å². The van der Waals surface area contributed by atoms with Gasteiger partial charge in [0.2, 0.25) is 11.8 Å². The Morgan fingerprint density at radius 1 is 1.33 bits per heavy atom. The van der Waals surface area contributed by atoms with Crippen LogP contribution in [0.4, 0.5) is 5.69 Å². The molecule has 2 rings (SSSR count). The summed E-state index contributed by atoms with van der Waals surface area (Å²) in [5, 5.41) is 11.4. The molecular formula is C12H12Cl2N4O2S. The average molecular weight is 347 g/mol. The van der Waals surface area contributed by atoms with Crippen molar-refractivity contribution >= 4 is 46.6 Å². The van der Waals surface area contributed by atoms with Crippen LogP contribution in [0.5, 0.6) is 0 Å². The first-order valence-corrected chi connectivity index (χ1v) is 7.73. The zero-order valence-electron chi connectivity index (χ0n) is 10.8. The second-order valence-electron chi connectivity index (χ2n) is 3.91. The summed E-state index contributed by atoms with van der Waals surface area (Å²) in [5.41, 5.74) is 5.78. The molecule has 0 saturated carbocycles. The number of rotatable bonds is 6. The second kappa shape index (κ2) is 7.65. The number of amides is 1. The summed E-state index contributed by atoms with van der Waals surface area (Å²) >= 11 is 13.2. The molecule has 21 heavy (non-hydrogen) atoms. The molecule has 1 aromatic carbocycles. The van der Waals surface area contributed by atoms with Gasteiger partial charge in [-0.2, -0.15) is 0 Å². The van der Waals surface area contributed by atoms with Gasteiger partial charge in [0.25, 0.3) is 5.22 Å². The Morgan fingerprint density at radius 3 is 2.67 bits per heavy atom. The molecule has 0 aliphatic carbocycles. The normalized spacial score (nSPS) is 10.6. The first kappa shape index (κ1) is 16.1. The van der Waals surface area contributed by atoms with Crippen LogP contribution in [0.15, 0.2) is 27.8 Å². The van der Waals surface area contributed by atoms with Gasteiger partial charge in [0.1, 0.15) is 0 Å². The smallest absolute Gasteiger partial charge is 0.276 e. The number of thioether (sulfide) groups is 1.